The van der Waals surface area contributed by atoms with Gasteiger partial charge in [0.25, 0.3) is 16.8 Å². The molecule has 0 saturated heterocycles. The molecule has 7 nitrogen and oxygen atoms in total. The molecule has 28 heavy (non-hydrogen) atoms. The molecule has 0 fully saturated rings. The number of nitro groups is 1. The summed E-state index contributed by atoms with van der Waals surface area (Å²) >= 11 is 5.16. The van der Waals surface area contributed by atoms with Gasteiger partial charge in [-0.25, -0.2) is 5.84 Å². The highest BCUT2D eigenvalue weighted by molar-refractivity contribution is 6.67. The number of benzene rings is 2. The second kappa shape index (κ2) is 12.3. The van der Waals surface area contributed by atoms with Crippen molar-refractivity contribution in [3.63, 3.8) is 0 Å². The molecule has 0 bridgehead atoms. The molecule has 10 heteroatoms. The van der Waals surface area contributed by atoms with Crippen molar-refractivity contribution >= 4 is 53.3 Å². The Morgan fingerprint density at radius 2 is 1.43 bits per heavy atom. The zero-order chi connectivity index (χ0) is 19.9. The standard InChI is InChI=1S/C11H15N3O3.C7H5ClO.2ClH/c1-11(2,3)13(12)10(15)8-4-6-9(7-5-8)14(16)17;8-7(9)6-4-2-1-3-5-6;;/h4-7H,12H2,1-3H3;1-5H;2*1H. The normalized spacial score (nSPS) is 9.61. The van der Waals surface area contributed by atoms with Crippen LogP contribution in [0.25, 0.3) is 0 Å². The Labute approximate surface area is 180 Å². The first-order valence-electron chi connectivity index (χ1n) is 7.62. The summed E-state index contributed by atoms with van der Waals surface area (Å²) in [5.74, 6) is 5.31. The lowest BCUT2D eigenvalue weighted by molar-refractivity contribution is -0.384. The maximum Gasteiger partial charge on any atom is 0.269 e. The van der Waals surface area contributed by atoms with Crippen LogP contribution >= 0.6 is 36.4 Å². The highest BCUT2D eigenvalue weighted by Gasteiger charge is 2.24. The molecule has 2 aromatic rings. The van der Waals surface area contributed by atoms with Gasteiger partial charge in [-0.1, -0.05) is 30.3 Å². The van der Waals surface area contributed by atoms with Crippen LogP contribution in [-0.2, 0) is 0 Å². The monoisotopic (exact) mass is 449 g/mol. The first-order chi connectivity index (χ1) is 12.0. The van der Waals surface area contributed by atoms with Gasteiger partial charge in [0.2, 0.25) is 0 Å². The highest BCUT2D eigenvalue weighted by atomic mass is 35.5. The predicted octanol–water partition coefficient (Wildman–Crippen LogP) is 4.62. The predicted molar refractivity (Wildman–Crippen MR) is 114 cm³/mol. The van der Waals surface area contributed by atoms with Gasteiger partial charge in [0.1, 0.15) is 0 Å². The van der Waals surface area contributed by atoms with E-state index >= 15 is 0 Å². The fraction of sp³-hybridized carbons (Fsp3) is 0.222. The fourth-order valence-electron chi connectivity index (χ4n) is 1.74. The van der Waals surface area contributed by atoms with E-state index in [1.807, 2.05) is 6.07 Å². The van der Waals surface area contributed by atoms with E-state index in [4.69, 9.17) is 17.4 Å². The summed E-state index contributed by atoms with van der Waals surface area (Å²) in [6, 6.07) is 14.1. The molecule has 0 unspecified atom stereocenters. The third kappa shape index (κ3) is 8.67. The fourth-order valence-corrected chi connectivity index (χ4v) is 1.86. The Morgan fingerprint density at radius 1 is 0.964 bits per heavy atom. The van der Waals surface area contributed by atoms with Gasteiger partial charge in [0.05, 0.1) is 10.5 Å². The van der Waals surface area contributed by atoms with E-state index in [-0.39, 0.29) is 36.4 Å². The summed E-state index contributed by atoms with van der Waals surface area (Å²) in [7, 11) is 0. The number of hydrogen-bond acceptors (Lipinski definition) is 5. The summed E-state index contributed by atoms with van der Waals surface area (Å²) in [6.45, 7) is 5.41. The first-order valence-corrected chi connectivity index (χ1v) is 8.00. The van der Waals surface area contributed by atoms with Crippen molar-refractivity contribution in [3.8, 4) is 0 Å². The largest absolute Gasteiger partial charge is 0.276 e. The maximum absolute atomic E-state index is 11.9. The first kappa shape index (κ1) is 28.0. The molecule has 0 spiro atoms. The number of nitrogens with two attached hydrogens (primary N) is 1. The number of rotatable bonds is 3. The Bertz CT molecular complexity index is 779. The Balaban J connectivity index is 0. The molecular formula is C18H22Cl3N3O4. The second-order valence-corrected chi connectivity index (χ2v) is 6.63. The van der Waals surface area contributed by atoms with Crippen LogP contribution in [0.3, 0.4) is 0 Å². The van der Waals surface area contributed by atoms with E-state index < -0.39 is 15.7 Å². The molecular weight excluding hydrogens is 429 g/mol. The van der Waals surface area contributed by atoms with Gasteiger partial charge >= 0.3 is 0 Å². The van der Waals surface area contributed by atoms with E-state index in [9.17, 15) is 19.7 Å². The minimum absolute atomic E-state index is 0. The van der Waals surface area contributed by atoms with Crippen LogP contribution < -0.4 is 5.84 Å². The van der Waals surface area contributed by atoms with E-state index in [1.54, 1.807) is 45.0 Å². The quantitative estimate of drug-likeness (QED) is 0.241. The number of nitro benzene ring substituents is 1. The number of halogens is 3. The number of non-ortho nitro benzene ring substituents is 1. The molecule has 2 N–H and O–H groups in total. The van der Waals surface area contributed by atoms with Gasteiger partial charge in [-0.3, -0.25) is 24.7 Å². The molecule has 0 aliphatic rings. The number of carbonyl (C=O) groups is 2. The average molecular weight is 451 g/mol. The molecule has 0 saturated carbocycles. The van der Waals surface area contributed by atoms with Crippen LogP contribution in [0.4, 0.5) is 5.69 Å². The minimum atomic E-state index is -0.516. The Morgan fingerprint density at radius 3 is 1.75 bits per heavy atom. The van der Waals surface area contributed by atoms with Crippen molar-refractivity contribution in [1.29, 1.82) is 0 Å². The SMILES string of the molecule is CC(C)(C)N(N)C(=O)c1ccc([N+](=O)[O-])cc1.Cl.Cl.O=C(Cl)c1ccccc1. The summed E-state index contributed by atoms with van der Waals surface area (Å²) in [4.78, 5) is 32.3. The van der Waals surface area contributed by atoms with E-state index in [2.05, 4.69) is 0 Å². The van der Waals surface area contributed by atoms with Crippen molar-refractivity contribution in [3.05, 3.63) is 75.8 Å². The van der Waals surface area contributed by atoms with Crippen LogP contribution in [0, 0.1) is 10.1 Å². The lowest BCUT2D eigenvalue weighted by Crippen LogP contribution is -2.50. The number of amides is 1. The molecule has 0 aliphatic carbocycles. The molecule has 1 amide bonds. The van der Waals surface area contributed by atoms with Gasteiger partial charge in [-0.2, -0.15) is 0 Å². The Kier molecular flexibility index (Phi) is 12.3. The van der Waals surface area contributed by atoms with E-state index in [0.717, 1.165) is 5.01 Å². The van der Waals surface area contributed by atoms with Crippen LogP contribution in [0.15, 0.2) is 54.6 Å². The molecule has 0 heterocycles. The number of hydrazine groups is 1. The van der Waals surface area contributed by atoms with Gasteiger partial charge in [-0.05, 0) is 44.5 Å². The third-order valence-corrected chi connectivity index (χ3v) is 3.49. The lowest BCUT2D eigenvalue weighted by atomic mass is 10.1. The van der Waals surface area contributed by atoms with Gasteiger partial charge in [-0.15, -0.1) is 24.8 Å². The molecule has 154 valence electrons. The Hall–Kier alpha value is -2.19. The van der Waals surface area contributed by atoms with Crippen LogP contribution in [0.5, 0.6) is 0 Å². The van der Waals surface area contributed by atoms with Crippen LogP contribution in [0.2, 0.25) is 0 Å². The average Bonchev–Trinajstić information content (AvgIpc) is 2.61. The molecule has 2 rings (SSSR count). The second-order valence-electron chi connectivity index (χ2n) is 6.29. The highest BCUT2D eigenvalue weighted by Crippen LogP contribution is 2.16. The third-order valence-electron chi connectivity index (χ3n) is 3.27. The topological polar surface area (TPSA) is 107 Å². The van der Waals surface area contributed by atoms with Crippen LogP contribution in [-0.4, -0.2) is 26.6 Å². The summed E-state index contributed by atoms with van der Waals surface area (Å²) < 4.78 is 0. The van der Waals surface area contributed by atoms with Crippen molar-refractivity contribution in [2.45, 2.75) is 26.3 Å². The van der Waals surface area contributed by atoms with Gasteiger partial charge in [0.15, 0.2) is 0 Å². The van der Waals surface area contributed by atoms with E-state index in [0.29, 0.717) is 11.1 Å². The summed E-state index contributed by atoms with van der Waals surface area (Å²) in [5.41, 5.74) is 0.312. The van der Waals surface area contributed by atoms with E-state index in [1.165, 1.54) is 24.3 Å². The zero-order valence-corrected chi connectivity index (χ0v) is 17.9. The van der Waals surface area contributed by atoms with Gasteiger partial charge in [0, 0.05) is 23.3 Å². The number of hydrogen-bond donors (Lipinski definition) is 1. The summed E-state index contributed by atoms with van der Waals surface area (Å²) in [6.07, 6.45) is 0. The molecule has 0 aliphatic heterocycles. The summed E-state index contributed by atoms with van der Waals surface area (Å²) in [5, 5.41) is 11.2. The number of nitrogens with zero attached hydrogens (tertiary/aromatic N) is 2. The maximum atomic E-state index is 11.9. The van der Waals surface area contributed by atoms with Gasteiger partial charge < -0.3 is 0 Å². The molecule has 2 aromatic carbocycles. The zero-order valence-electron chi connectivity index (χ0n) is 15.5. The van der Waals surface area contributed by atoms with Crippen molar-refractivity contribution in [1.82, 2.24) is 5.01 Å². The smallest absolute Gasteiger partial charge is 0.269 e. The lowest BCUT2D eigenvalue weighted by Gasteiger charge is -2.31. The van der Waals surface area contributed by atoms with Crippen LogP contribution in [0.1, 0.15) is 41.5 Å². The number of carbonyl (C=O) groups excluding carboxylic acids is 2. The minimum Gasteiger partial charge on any atom is -0.276 e. The molecule has 0 aromatic heterocycles. The van der Waals surface area contributed by atoms with Crippen molar-refractivity contribution in [2.75, 3.05) is 0 Å². The molecule has 0 radical (unpaired) electrons. The molecule has 0 atom stereocenters. The van der Waals surface area contributed by atoms with Crippen molar-refractivity contribution in [2.24, 2.45) is 5.84 Å². The van der Waals surface area contributed by atoms with Crippen molar-refractivity contribution < 1.29 is 14.5 Å².